The lowest BCUT2D eigenvalue weighted by atomic mass is 10.3. The molecule has 2 rings (SSSR count). The summed E-state index contributed by atoms with van der Waals surface area (Å²) in [6.45, 7) is 0. The van der Waals surface area contributed by atoms with Crippen LogP contribution in [0, 0.1) is 10.1 Å². The van der Waals surface area contributed by atoms with E-state index in [1.807, 2.05) is 0 Å². The predicted molar refractivity (Wildman–Crippen MR) is 77.7 cm³/mol. The summed E-state index contributed by atoms with van der Waals surface area (Å²) in [6, 6.07) is 6.83. The molecule has 0 saturated carbocycles. The maximum atomic E-state index is 12.3. The fraction of sp³-hybridized carbons (Fsp3) is 0.0833. The van der Waals surface area contributed by atoms with E-state index in [-0.39, 0.29) is 5.69 Å². The summed E-state index contributed by atoms with van der Waals surface area (Å²) in [5, 5.41) is 13.7. The molecule has 0 fully saturated rings. The van der Waals surface area contributed by atoms with Crippen LogP contribution in [0.15, 0.2) is 47.6 Å². The van der Waals surface area contributed by atoms with Gasteiger partial charge in [-0.05, 0) is 24.3 Å². The van der Waals surface area contributed by atoms with Gasteiger partial charge in [0.2, 0.25) is 0 Å². The van der Waals surface area contributed by atoms with Crippen LogP contribution in [-0.2, 0) is 10.0 Å². The zero-order valence-electron chi connectivity index (χ0n) is 11.0. The van der Waals surface area contributed by atoms with E-state index in [0.717, 1.165) is 6.07 Å². The van der Waals surface area contributed by atoms with E-state index in [9.17, 15) is 18.5 Å². The molecule has 110 valence electrons. The van der Waals surface area contributed by atoms with Gasteiger partial charge in [-0.2, -0.15) is 0 Å². The van der Waals surface area contributed by atoms with Crippen molar-refractivity contribution in [3.63, 3.8) is 0 Å². The number of anilines is 2. The van der Waals surface area contributed by atoms with Crippen LogP contribution in [0.5, 0.6) is 0 Å². The highest BCUT2D eigenvalue weighted by Gasteiger charge is 2.26. The molecule has 0 aliphatic rings. The van der Waals surface area contributed by atoms with Crippen LogP contribution in [0.4, 0.5) is 17.1 Å². The fourth-order valence-corrected chi connectivity index (χ4v) is 2.91. The van der Waals surface area contributed by atoms with Gasteiger partial charge in [0, 0.05) is 25.0 Å². The molecule has 0 aliphatic carbocycles. The lowest BCUT2D eigenvalue weighted by molar-refractivity contribution is -0.387. The quantitative estimate of drug-likeness (QED) is 0.643. The number of hydrogen-bond acceptors (Lipinski definition) is 6. The zero-order valence-corrected chi connectivity index (χ0v) is 11.8. The molecular weight excluding hydrogens is 296 g/mol. The average Bonchev–Trinajstić information content (AvgIpc) is 2.47. The Bertz CT molecular complexity index is 762. The molecule has 8 nitrogen and oxygen atoms in total. The van der Waals surface area contributed by atoms with Crippen molar-refractivity contribution in [1.82, 2.24) is 4.98 Å². The Kier molecular flexibility index (Phi) is 4.03. The van der Waals surface area contributed by atoms with Crippen LogP contribution in [0.3, 0.4) is 0 Å². The number of nitro groups is 1. The summed E-state index contributed by atoms with van der Waals surface area (Å²) in [6.07, 6.45) is 2.80. The Balaban J connectivity index is 2.50. The second kappa shape index (κ2) is 5.75. The van der Waals surface area contributed by atoms with E-state index in [1.165, 1.54) is 30.6 Å². The third-order valence-corrected chi connectivity index (χ3v) is 4.06. The van der Waals surface area contributed by atoms with Gasteiger partial charge < -0.3 is 5.32 Å². The van der Waals surface area contributed by atoms with Gasteiger partial charge in [0.05, 0.1) is 16.8 Å². The number of pyridine rings is 1. The van der Waals surface area contributed by atoms with Crippen molar-refractivity contribution in [2.45, 2.75) is 4.90 Å². The summed E-state index contributed by atoms with van der Waals surface area (Å²) < 4.78 is 26.9. The molecule has 1 aromatic carbocycles. The van der Waals surface area contributed by atoms with Crippen LogP contribution in [0.25, 0.3) is 0 Å². The molecule has 2 N–H and O–H groups in total. The Hall–Kier alpha value is -2.68. The molecule has 1 heterocycles. The van der Waals surface area contributed by atoms with E-state index in [1.54, 1.807) is 13.1 Å². The minimum Gasteiger partial charge on any atom is -0.388 e. The van der Waals surface area contributed by atoms with Crippen molar-refractivity contribution in [1.29, 1.82) is 0 Å². The molecule has 2 aromatic rings. The number of nitro benzene ring substituents is 1. The molecule has 21 heavy (non-hydrogen) atoms. The van der Waals surface area contributed by atoms with E-state index in [4.69, 9.17) is 0 Å². The monoisotopic (exact) mass is 308 g/mol. The molecule has 0 radical (unpaired) electrons. The highest BCUT2D eigenvalue weighted by molar-refractivity contribution is 7.92. The largest absolute Gasteiger partial charge is 0.388 e. The number of sulfonamides is 1. The summed E-state index contributed by atoms with van der Waals surface area (Å²) in [5.74, 6) is 0. The van der Waals surface area contributed by atoms with Crippen LogP contribution in [0.2, 0.25) is 0 Å². The smallest absolute Gasteiger partial charge is 0.290 e. The normalized spacial score (nSPS) is 10.9. The molecule has 1 aromatic heterocycles. The molecule has 0 unspecified atom stereocenters. The third-order valence-electron chi connectivity index (χ3n) is 2.65. The topological polar surface area (TPSA) is 114 Å². The van der Waals surface area contributed by atoms with Gasteiger partial charge in [0.1, 0.15) is 0 Å². The Labute approximate surface area is 121 Å². The summed E-state index contributed by atoms with van der Waals surface area (Å²) in [7, 11) is -2.50. The number of aromatic nitrogens is 1. The molecule has 0 saturated heterocycles. The van der Waals surface area contributed by atoms with Crippen molar-refractivity contribution in [3.8, 4) is 0 Å². The minimum atomic E-state index is -4.09. The Morgan fingerprint density at radius 2 is 2.00 bits per heavy atom. The van der Waals surface area contributed by atoms with Gasteiger partial charge in [0.25, 0.3) is 15.7 Å². The van der Waals surface area contributed by atoms with Crippen LogP contribution >= 0.6 is 0 Å². The zero-order chi connectivity index (χ0) is 15.5. The first-order chi connectivity index (χ1) is 9.94. The molecular formula is C12H12N4O4S. The van der Waals surface area contributed by atoms with E-state index >= 15 is 0 Å². The van der Waals surface area contributed by atoms with Gasteiger partial charge >= 0.3 is 0 Å². The molecule has 0 amide bonds. The van der Waals surface area contributed by atoms with Gasteiger partial charge in [-0.3, -0.25) is 19.8 Å². The molecule has 0 bridgehead atoms. The first-order valence-corrected chi connectivity index (χ1v) is 7.31. The maximum Gasteiger partial charge on any atom is 0.290 e. The van der Waals surface area contributed by atoms with Crippen molar-refractivity contribution >= 4 is 27.1 Å². The molecule has 9 heteroatoms. The SMILES string of the molecule is CNc1ccc([N+](=O)[O-])c(S(=O)(=O)Nc2cccnc2)c1. The standard InChI is InChI=1S/C12H12N4O4S/c1-13-9-4-5-11(16(17)18)12(7-9)21(19,20)15-10-3-2-6-14-8-10/h2-8,13,15H,1H3. The predicted octanol–water partition coefficient (Wildman–Crippen LogP) is 1.83. The lowest BCUT2D eigenvalue weighted by Crippen LogP contribution is -2.15. The lowest BCUT2D eigenvalue weighted by Gasteiger charge is -2.09. The van der Waals surface area contributed by atoms with Crippen molar-refractivity contribution in [2.24, 2.45) is 0 Å². The third kappa shape index (κ3) is 3.26. The Morgan fingerprint density at radius 1 is 1.24 bits per heavy atom. The second-order valence-electron chi connectivity index (χ2n) is 4.04. The number of benzene rings is 1. The fourth-order valence-electron chi connectivity index (χ4n) is 1.67. The minimum absolute atomic E-state index is 0.224. The van der Waals surface area contributed by atoms with Crippen LogP contribution in [0.1, 0.15) is 0 Å². The van der Waals surface area contributed by atoms with Crippen molar-refractivity contribution in [2.75, 3.05) is 17.1 Å². The first-order valence-electron chi connectivity index (χ1n) is 5.83. The van der Waals surface area contributed by atoms with E-state index in [2.05, 4.69) is 15.0 Å². The van der Waals surface area contributed by atoms with E-state index < -0.39 is 25.5 Å². The van der Waals surface area contributed by atoms with Gasteiger partial charge in [-0.1, -0.05) is 0 Å². The summed E-state index contributed by atoms with van der Waals surface area (Å²) >= 11 is 0. The van der Waals surface area contributed by atoms with Crippen molar-refractivity contribution in [3.05, 3.63) is 52.8 Å². The first kappa shape index (κ1) is 14.7. The van der Waals surface area contributed by atoms with Gasteiger partial charge in [-0.25, -0.2) is 8.42 Å². The number of hydrogen-bond donors (Lipinski definition) is 2. The summed E-state index contributed by atoms with van der Waals surface area (Å²) in [4.78, 5) is 13.6. The van der Waals surface area contributed by atoms with Gasteiger partial charge in [-0.15, -0.1) is 0 Å². The van der Waals surface area contributed by atoms with Gasteiger partial charge in [0.15, 0.2) is 4.90 Å². The number of nitrogens with zero attached hydrogens (tertiary/aromatic N) is 2. The van der Waals surface area contributed by atoms with E-state index in [0.29, 0.717) is 5.69 Å². The Morgan fingerprint density at radius 3 is 2.57 bits per heavy atom. The van der Waals surface area contributed by atoms with Crippen LogP contribution in [-0.4, -0.2) is 25.4 Å². The van der Waals surface area contributed by atoms with Crippen molar-refractivity contribution < 1.29 is 13.3 Å². The highest BCUT2D eigenvalue weighted by atomic mass is 32.2. The molecule has 0 aliphatic heterocycles. The summed E-state index contributed by atoms with van der Waals surface area (Å²) in [5.41, 5.74) is 0.180. The number of nitrogens with one attached hydrogen (secondary N) is 2. The van der Waals surface area contributed by atoms with Crippen LogP contribution < -0.4 is 10.0 Å². The molecule has 0 atom stereocenters. The second-order valence-corrected chi connectivity index (χ2v) is 5.69. The number of rotatable bonds is 5. The average molecular weight is 308 g/mol. The maximum absolute atomic E-state index is 12.3. The highest BCUT2D eigenvalue weighted by Crippen LogP contribution is 2.28. The molecule has 0 spiro atoms.